The second-order valence-electron chi connectivity index (χ2n) is 4.60. The van der Waals surface area contributed by atoms with Gasteiger partial charge < -0.3 is 10.6 Å². The van der Waals surface area contributed by atoms with Gasteiger partial charge in [-0.1, -0.05) is 31.5 Å². The number of fused-ring (bicyclic) bond motifs is 1. The van der Waals surface area contributed by atoms with Gasteiger partial charge in [0.15, 0.2) is 0 Å². The minimum absolute atomic E-state index is 0.520. The van der Waals surface area contributed by atoms with Crippen LogP contribution in [-0.4, -0.2) is 19.1 Å². The average Bonchev–Trinajstić information content (AvgIpc) is 2.35. The van der Waals surface area contributed by atoms with Crippen molar-refractivity contribution in [3.8, 4) is 0 Å². The molecule has 2 rings (SSSR count). The SMILES string of the molecule is CCCC(CN)N1CCCc2ccccc21. The van der Waals surface area contributed by atoms with Crippen LogP contribution in [0.2, 0.25) is 0 Å². The molecule has 0 aromatic heterocycles. The van der Waals surface area contributed by atoms with Gasteiger partial charge in [-0.3, -0.25) is 0 Å². The third-order valence-corrected chi connectivity index (χ3v) is 3.48. The number of para-hydroxylation sites is 1. The number of nitrogens with two attached hydrogens (primary N) is 1. The van der Waals surface area contributed by atoms with Crippen molar-refractivity contribution in [2.45, 2.75) is 38.6 Å². The third-order valence-electron chi connectivity index (χ3n) is 3.48. The molecule has 2 heteroatoms. The van der Waals surface area contributed by atoms with Crippen molar-refractivity contribution < 1.29 is 0 Å². The van der Waals surface area contributed by atoms with E-state index in [4.69, 9.17) is 5.73 Å². The third kappa shape index (κ3) is 2.22. The number of rotatable bonds is 4. The zero-order chi connectivity index (χ0) is 11.4. The zero-order valence-corrected chi connectivity index (χ0v) is 10.2. The van der Waals surface area contributed by atoms with Crippen LogP contribution in [-0.2, 0) is 6.42 Å². The fourth-order valence-electron chi connectivity index (χ4n) is 2.68. The van der Waals surface area contributed by atoms with Crippen LogP contribution in [0, 0.1) is 0 Å². The predicted molar refractivity (Wildman–Crippen MR) is 69.9 cm³/mol. The molecule has 1 aromatic rings. The minimum atomic E-state index is 0.520. The van der Waals surface area contributed by atoms with E-state index in [0.29, 0.717) is 6.04 Å². The van der Waals surface area contributed by atoms with Gasteiger partial charge in [0.25, 0.3) is 0 Å². The highest BCUT2D eigenvalue weighted by molar-refractivity contribution is 5.56. The van der Waals surface area contributed by atoms with Crippen molar-refractivity contribution in [1.29, 1.82) is 0 Å². The van der Waals surface area contributed by atoms with Crippen LogP contribution < -0.4 is 10.6 Å². The van der Waals surface area contributed by atoms with E-state index in [0.717, 1.165) is 6.54 Å². The van der Waals surface area contributed by atoms with E-state index in [1.165, 1.54) is 43.5 Å². The molecule has 88 valence electrons. The summed E-state index contributed by atoms with van der Waals surface area (Å²) in [6.45, 7) is 4.17. The Morgan fingerprint density at radius 2 is 2.19 bits per heavy atom. The molecule has 2 nitrogen and oxygen atoms in total. The van der Waals surface area contributed by atoms with Crippen molar-refractivity contribution in [2.75, 3.05) is 18.0 Å². The Morgan fingerprint density at radius 3 is 2.94 bits per heavy atom. The van der Waals surface area contributed by atoms with Gasteiger partial charge in [-0.05, 0) is 30.9 Å². The lowest BCUT2D eigenvalue weighted by Crippen LogP contribution is -2.43. The van der Waals surface area contributed by atoms with Gasteiger partial charge in [-0.25, -0.2) is 0 Å². The number of hydrogen-bond donors (Lipinski definition) is 1. The molecule has 16 heavy (non-hydrogen) atoms. The van der Waals surface area contributed by atoms with E-state index in [1.54, 1.807) is 0 Å². The smallest absolute Gasteiger partial charge is 0.0412 e. The topological polar surface area (TPSA) is 29.3 Å². The summed E-state index contributed by atoms with van der Waals surface area (Å²) in [4.78, 5) is 2.52. The van der Waals surface area contributed by atoms with Crippen LogP contribution in [0.5, 0.6) is 0 Å². The highest BCUT2D eigenvalue weighted by atomic mass is 15.2. The Balaban J connectivity index is 2.23. The van der Waals surface area contributed by atoms with Gasteiger partial charge >= 0.3 is 0 Å². The lowest BCUT2D eigenvalue weighted by atomic mass is 9.98. The molecule has 1 aromatic carbocycles. The summed E-state index contributed by atoms with van der Waals surface area (Å²) in [5.41, 5.74) is 8.81. The van der Waals surface area contributed by atoms with Gasteiger partial charge in [-0.15, -0.1) is 0 Å². The summed E-state index contributed by atoms with van der Waals surface area (Å²) in [6, 6.07) is 9.29. The van der Waals surface area contributed by atoms with Crippen molar-refractivity contribution in [2.24, 2.45) is 5.73 Å². The maximum absolute atomic E-state index is 5.91. The summed E-state index contributed by atoms with van der Waals surface area (Å²) < 4.78 is 0. The van der Waals surface area contributed by atoms with Crippen LogP contribution in [0.4, 0.5) is 5.69 Å². The first-order chi connectivity index (χ1) is 7.86. The molecule has 0 radical (unpaired) electrons. The largest absolute Gasteiger partial charge is 0.367 e. The molecule has 0 bridgehead atoms. The normalized spacial score (nSPS) is 17.0. The van der Waals surface area contributed by atoms with E-state index in [-0.39, 0.29) is 0 Å². The van der Waals surface area contributed by atoms with E-state index in [2.05, 4.69) is 36.1 Å². The summed E-state index contributed by atoms with van der Waals surface area (Å²) in [7, 11) is 0. The molecule has 1 atom stereocenters. The van der Waals surface area contributed by atoms with Crippen LogP contribution in [0.25, 0.3) is 0 Å². The van der Waals surface area contributed by atoms with E-state index >= 15 is 0 Å². The number of benzene rings is 1. The summed E-state index contributed by atoms with van der Waals surface area (Å²) >= 11 is 0. The van der Waals surface area contributed by atoms with Gasteiger partial charge in [0.1, 0.15) is 0 Å². The summed E-state index contributed by atoms with van der Waals surface area (Å²) in [5, 5.41) is 0. The molecule has 0 fully saturated rings. The predicted octanol–water partition coefficient (Wildman–Crippen LogP) is 2.57. The van der Waals surface area contributed by atoms with Crippen LogP contribution in [0.15, 0.2) is 24.3 Å². The maximum Gasteiger partial charge on any atom is 0.0412 e. The molecule has 0 amide bonds. The maximum atomic E-state index is 5.91. The molecule has 0 aliphatic carbocycles. The average molecular weight is 218 g/mol. The van der Waals surface area contributed by atoms with E-state index < -0.39 is 0 Å². The van der Waals surface area contributed by atoms with Gasteiger partial charge in [0, 0.05) is 24.8 Å². The molecule has 0 saturated heterocycles. The van der Waals surface area contributed by atoms with Crippen molar-refractivity contribution >= 4 is 5.69 Å². The standard InChI is InChI=1S/C14H22N2/c1-2-6-13(11-15)16-10-5-8-12-7-3-4-9-14(12)16/h3-4,7,9,13H,2,5-6,8,10-11,15H2,1H3. The van der Waals surface area contributed by atoms with Crippen molar-refractivity contribution in [3.63, 3.8) is 0 Å². The first-order valence-electron chi connectivity index (χ1n) is 6.41. The molecule has 1 heterocycles. The quantitative estimate of drug-likeness (QED) is 0.841. The van der Waals surface area contributed by atoms with E-state index in [9.17, 15) is 0 Å². The Morgan fingerprint density at radius 1 is 1.38 bits per heavy atom. The minimum Gasteiger partial charge on any atom is -0.367 e. The van der Waals surface area contributed by atoms with E-state index in [1.807, 2.05) is 0 Å². The first kappa shape index (κ1) is 11.5. The molecule has 1 aliphatic rings. The van der Waals surface area contributed by atoms with Crippen LogP contribution in [0.1, 0.15) is 31.7 Å². The first-order valence-corrected chi connectivity index (χ1v) is 6.41. The van der Waals surface area contributed by atoms with Crippen LogP contribution >= 0.6 is 0 Å². The molecule has 0 saturated carbocycles. The molecule has 0 spiro atoms. The van der Waals surface area contributed by atoms with Crippen molar-refractivity contribution in [3.05, 3.63) is 29.8 Å². The number of aryl methyl sites for hydroxylation is 1. The molecule has 1 aliphatic heterocycles. The second kappa shape index (κ2) is 5.35. The molecule has 2 N–H and O–H groups in total. The Hall–Kier alpha value is -1.02. The zero-order valence-electron chi connectivity index (χ0n) is 10.2. The number of nitrogens with zero attached hydrogens (tertiary/aromatic N) is 1. The highest BCUT2D eigenvalue weighted by Gasteiger charge is 2.22. The number of anilines is 1. The van der Waals surface area contributed by atoms with Crippen LogP contribution in [0.3, 0.4) is 0 Å². The van der Waals surface area contributed by atoms with Gasteiger partial charge in [0.2, 0.25) is 0 Å². The fraction of sp³-hybridized carbons (Fsp3) is 0.571. The number of hydrogen-bond acceptors (Lipinski definition) is 2. The lowest BCUT2D eigenvalue weighted by molar-refractivity contribution is 0.528. The second-order valence-corrected chi connectivity index (χ2v) is 4.60. The fourth-order valence-corrected chi connectivity index (χ4v) is 2.68. The molecule has 1 unspecified atom stereocenters. The molecular weight excluding hydrogens is 196 g/mol. The highest BCUT2D eigenvalue weighted by Crippen LogP contribution is 2.29. The Kier molecular flexibility index (Phi) is 3.83. The monoisotopic (exact) mass is 218 g/mol. The Labute approximate surface area is 98.4 Å². The summed E-state index contributed by atoms with van der Waals surface area (Å²) in [5.74, 6) is 0. The lowest BCUT2D eigenvalue weighted by Gasteiger charge is -2.37. The molecular formula is C14H22N2. The van der Waals surface area contributed by atoms with Gasteiger partial charge in [-0.2, -0.15) is 0 Å². The van der Waals surface area contributed by atoms with Crippen molar-refractivity contribution in [1.82, 2.24) is 0 Å². The summed E-state index contributed by atoms with van der Waals surface area (Å²) in [6.07, 6.45) is 4.89. The Bertz CT molecular complexity index is 335. The van der Waals surface area contributed by atoms with Gasteiger partial charge in [0.05, 0.1) is 0 Å².